The molecule has 1 aliphatic rings. The summed E-state index contributed by atoms with van der Waals surface area (Å²) in [4.78, 5) is 38.2. The number of ether oxygens (including phenoxy) is 1. The zero-order valence-corrected chi connectivity index (χ0v) is 16.5. The van der Waals surface area contributed by atoms with Gasteiger partial charge in [-0.3, -0.25) is 14.4 Å². The number of carbonyl (C=O) groups is 3. The van der Waals surface area contributed by atoms with Crippen molar-refractivity contribution in [1.82, 2.24) is 4.90 Å². The third kappa shape index (κ3) is 6.79. The number of hydrogen-bond donors (Lipinski definition) is 1. The molecule has 1 aromatic rings. The van der Waals surface area contributed by atoms with Crippen molar-refractivity contribution in [2.24, 2.45) is 5.92 Å². The highest BCUT2D eigenvalue weighted by Gasteiger charge is 2.29. The van der Waals surface area contributed by atoms with E-state index in [0.29, 0.717) is 5.69 Å². The highest BCUT2D eigenvalue weighted by Crippen LogP contribution is 2.21. The Hall–Kier alpha value is -2.70. The lowest BCUT2D eigenvalue weighted by Gasteiger charge is -2.35. The second kappa shape index (κ2) is 9.48. The molecule has 152 valence electrons. The van der Waals surface area contributed by atoms with Crippen LogP contribution in [0.5, 0.6) is 0 Å². The topological polar surface area (TPSA) is 75.7 Å². The van der Waals surface area contributed by atoms with E-state index in [0.717, 1.165) is 12.8 Å². The van der Waals surface area contributed by atoms with Crippen molar-refractivity contribution in [2.75, 3.05) is 18.5 Å². The summed E-state index contributed by atoms with van der Waals surface area (Å²) < 4.78 is 18.1. The first-order valence-corrected chi connectivity index (χ1v) is 9.33. The van der Waals surface area contributed by atoms with E-state index in [2.05, 4.69) is 5.32 Å². The van der Waals surface area contributed by atoms with Gasteiger partial charge in [0.25, 0.3) is 5.91 Å². The minimum atomic E-state index is -0.641. The number of carbonyl (C=O) groups excluding carboxylic acids is 3. The van der Waals surface area contributed by atoms with Gasteiger partial charge in [-0.2, -0.15) is 0 Å². The SMILES string of the molecule is CC(C)(C)N(CC(=O)Nc1ccc(F)cc1)C(=O)COC(=O)C[C@@H]1C=CCC1. The lowest BCUT2D eigenvalue weighted by atomic mass is 10.1. The van der Waals surface area contributed by atoms with Gasteiger partial charge in [0.1, 0.15) is 12.4 Å². The van der Waals surface area contributed by atoms with E-state index < -0.39 is 35.7 Å². The lowest BCUT2D eigenvalue weighted by Crippen LogP contribution is -2.50. The fourth-order valence-electron chi connectivity index (χ4n) is 2.94. The number of halogens is 1. The number of nitrogens with one attached hydrogen (secondary N) is 1. The largest absolute Gasteiger partial charge is 0.456 e. The Labute approximate surface area is 164 Å². The first-order chi connectivity index (χ1) is 13.1. The molecule has 7 heteroatoms. The fraction of sp³-hybridized carbons (Fsp3) is 0.476. The minimum absolute atomic E-state index is 0.169. The van der Waals surface area contributed by atoms with Gasteiger partial charge in [0, 0.05) is 11.2 Å². The Morgan fingerprint density at radius 1 is 1.21 bits per heavy atom. The first-order valence-electron chi connectivity index (χ1n) is 9.33. The molecule has 1 aromatic carbocycles. The fourth-order valence-corrected chi connectivity index (χ4v) is 2.94. The monoisotopic (exact) mass is 390 g/mol. The van der Waals surface area contributed by atoms with Crippen LogP contribution in [0.2, 0.25) is 0 Å². The van der Waals surface area contributed by atoms with Crippen LogP contribution in [0.4, 0.5) is 10.1 Å². The molecule has 2 rings (SSSR count). The van der Waals surface area contributed by atoms with Gasteiger partial charge in [0.2, 0.25) is 5.91 Å². The minimum Gasteiger partial charge on any atom is -0.456 e. The number of rotatable bonds is 7. The summed E-state index contributed by atoms with van der Waals surface area (Å²) in [7, 11) is 0. The summed E-state index contributed by atoms with van der Waals surface area (Å²) in [5, 5.41) is 2.62. The summed E-state index contributed by atoms with van der Waals surface area (Å²) >= 11 is 0. The number of allylic oxidation sites excluding steroid dienone is 2. The van der Waals surface area contributed by atoms with Crippen LogP contribution in [-0.4, -0.2) is 41.4 Å². The van der Waals surface area contributed by atoms with Crippen molar-refractivity contribution in [3.05, 3.63) is 42.2 Å². The van der Waals surface area contributed by atoms with Crippen LogP contribution in [0.3, 0.4) is 0 Å². The predicted molar refractivity (Wildman–Crippen MR) is 104 cm³/mol. The zero-order valence-electron chi connectivity index (χ0n) is 16.5. The van der Waals surface area contributed by atoms with E-state index in [-0.39, 0.29) is 18.9 Å². The van der Waals surface area contributed by atoms with Gasteiger partial charge in [-0.25, -0.2) is 4.39 Å². The van der Waals surface area contributed by atoms with Crippen molar-refractivity contribution < 1.29 is 23.5 Å². The highest BCUT2D eigenvalue weighted by atomic mass is 19.1. The van der Waals surface area contributed by atoms with Crippen molar-refractivity contribution in [2.45, 2.75) is 45.6 Å². The summed E-state index contributed by atoms with van der Waals surface area (Å²) in [5.41, 5.74) is -0.207. The van der Waals surface area contributed by atoms with Crippen LogP contribution in [0.15, 0.2) is 36.4 Å². The van der Waals surface area contributed by atoms with E-state index in [1.165, 1.54) is 29.2 Å². The number of esters is 1. The molecule has 1 N–H and O–H groups in total. The summed E-state index contributed by atoms with van der Waals surface area (Å²) in [5.74, 6) is -1.52. The zero-order chi connectivity index (χ0) is 20.7. The Morgan fingerprint density at radius 2 is 1.89 bits per heavy atom. The lowest BCUT2D eigenvalue weighted by molar-refractivity contribution is -0.155. The van der Waals surface area contributed by atoms with E-state index in [1.807, 2.05) is 12.2 Å². The average molecular weight is 390 g/mol. The smallest absolute Gasteiger partial charge is 0.306 e. The Balaban J connectivity index is 1.89. The Morgan fingerprint density at radius 3 is 2.46 bits per heavy atom. The molecule has 0 bridgehead atoms. The number of benzene rings is 1. The normalized spacial score (nSPS) is 15.9. The van der Waals surface area contributed by atoms with E-state index in [4.69, 9.17) is 4.74 Å². The number of amides is 2. The van der Waals surface area contributed by atoms with Crippen LogP contribution >= 0.6 is 0 Å². The number of nitrogens with zero attached hydrogens (tertiary/aromatic N) is 1. The summed E-state index contributed by atoms with van der Waals surface area (Å²) in [6, 6.07) is 5.36. The number of hydrogen-bond acceptors (Lipinski definition) is 4. The van der Waals surface area contributed by atoms with Crippen LogP contribution < -0.4 is 5.32 Å². The van der Waals surface area contributed by atoms with Crippen LogP contribution in [-0.2, 0) is 19.1 Å². The number of anilines is 1. The maximum Gasteiger partial charge on any atom is 0.306 e. The molecule has 2 amide bonds. The quantitative estimate of drug-likeness (QED) is 0.573. The van der Waals surface area contributed by atoms with Gasteiger partial charge < -0.3 is 15.0 Å². The second-order valence-electron chi connectivity index (χ2n) is 7.84. The molecule has 0 radical (unpaired) electrons. The van der Waals surface area contributed by atoms with Crippen molar-refractivity contribution >= 4 is 23.5 Å². The van der Waals surface area contributed by atoms with Crippen molar-refractivity contribution in [3.63, 3.8) is 0 Å². The van der Waals surface area contributed by atoms with E-state index in [1.54, 1.807) is 20.8 Å². The van der Waals surface area contributed by atoms with Crippen LogP contribution in [0, 0.1) is 11.7 Å². The van der Waals surface area contributed by atoms with Crippen LogP contribution in [0.25, 0.3) is 0 Å². The van der Waals surface area contributed by atoms with Gasteiger partial charge >= 0.3 is 5.97 Å². The molecule has 0 unspecified atom stereocenters. The van der Waals surface area contributed by atoms with Gasteiger partial charge in [0.15, 0.2) is 6.61 Å². The summed E-state index contributed by atoms with van der Waals surface area (Å²) in [6.45, 7) is 4.77. The predicted octanol–water partition coefficient (Wildman–Crippen LogP) is 3.29. The van der Waals surface area contributed by atoms with Crippen LogP contribution in [0.1, 0.15) is 40.0 Å². The molecule has 1 atom stereocenters. The van der Waals surface area contributed by atoms with Crippen molar-refractivity contribution in [3.8, 4) is 0 Å². The molecule has 1 aliphatic carbocycles. The van der Waals surface area contributed by atoms with Gasteiger partial charge in [0.05, 0.1) is 6.42 Å². The van der Waals surface area contributed by atoms with Crippen molar-refractivity contribution in [1.29, 1.82) is 0 Å². The molecule has 6 nitrogen and oxygen atoms in total. The first kappa shape index (κ1) is 21.6. The molecular weight excluding hydrogens is 363 g/mol. The third-order valence-corrected chi connectivity index (χ3v) is 4.44. The van der Waals surface area contributed by atoms with E-state index in [9.17, 15) is 18.8 Å². The van der Waals surface area contributed by atoms with Gasteiger partial charge in [-0.1, -0.05) is 12.2 Å². The molecule has 0 aromatic heterocycles. The molecule has 0 saturated carbocycles. The Bertz CT molecular complexity index is 738. The van der Waals surface area contributed by atoms with Gasteiger partial charge in [-0.15, -0.1) is 0 Å². The molecule has 0 saturated heterocycles. The average Bonchev–Trinajstić information content (AvgIpc) is 3.11. The van der Waals surface area contributed by atoms with E-state index >= 15 is 0 Å². The second-order valence-corrected chi connectivity index (χ2v) is 7.84. The highest BCUT2D eigenvalue weighted by molar-refractivity contribution is 5.95. The standard InChI is InChI=1S/C21H27FN2O4/c1-21(2,3)24(13-18(25)23-17-10-8-16(22)9-11-17)19(26)14-28-20(27)12-15-6-4-5-7-15/h4,6,8-11,15H,5,7,12-14H2,1-3H3,(H,23,25)/t15-/m1/s1. The molecule has 0 aliphatic heterocycles. The molecular formula is C21H27FN2O4. The third-order valence-electron chi connectivity index (χ3n) is 4.44. The molecule has 0 spiro atoms. The molecule has 0 heterocycles. The maximum absolute atomic E-state index is 13.0. The maximum atomic E-state index is 13.0. The molecule has 28 heavy (non-hydrogen) atoms. The van der Waals surface area contributed by atoms with Gasteiger partial charge in [-0.05, 0) is 63.8 Å². The Kier molecular flexibility index (Phi) is 7.31. The molecule has 0 fully saturated rings. The summed E-state index contributed by atoms with van der Waals surface area (Å²) in [6.07, 6.45) is 6.15.